The van der Waals surface area contributed by atoms with Crippen molar-refractivity contribution < 1.29 is 22.7 Å². The largest absolute Gasteiger partial charge is 0.496 e. The fraction of sp³-hybridized carbons (Fsp3) is 0.208. The molecule has 33 heavy (non-hydrogen) atoms. The third-order valence-electron chi connectivity index (χ3n) is 5.34. The fourth-order valence-corrected chi connectivity index (χ4v) is 5.21. The van der Waals surface area contributed by atoms with Crippen LogP contribution in [0.1, 0.15) is 11.1 Å². The summed E-state index contributed by atoms with van der Waals surface area (Å²) in [6, 6.07) is 18.5. The van der Waals surface area contributed by atoms with Crippen molar-refractivity contribution in [3.8, 4) is 11.5 Å². The van der Waals surface area contributed by atoms with Gasteiger partial charge >= 0.3 is 0 Å². The van der Waals surface area contributed by atoms with Gasteiger partial charge in [-0.1, -0.05) is 47.5 Å². The van der Waals surface area contributed by atoms with Crippen LogP contribution in [-0.2, 0) is 21.4 Å². The molecule has 0 unspecified atom stereocenters. The van der Waals surface area contributed by atoms with E-state index in [1.54, 1.807) is 49.6 Å². The summed E-state index contributed by atoms with van der Waals surface area (Å²) in [5.74, 6) is 0.468. The Hall–Kier alpha value is -3.23. The molecule has 3 aromatic carbocycles. The van der Waals surface area contributed by atoms with Crippen molar-refractivity contribution in [2.24, 2.45) is 0 Å². The molecule has 0 saturated heterocycles. The molecule has 0 fully saturated rings. The summed E-state index contributed by atoms with van der Waals surface area (Å²) in [5, 5.41) is 3.17. The molecule has 7 nitrogen and oxygen atoms in total. The van der Waals surface area contributed by atoms with Gasteiger partial charge < -0.3 is 14.8 Å². The maximum Gasteiger partial charge on any atom is 0.264 e. The van der Waals surface area contributed by atoms with Crippen molar-refractivity contribution in [1.29, 1.82) is 0 Å². The van der Waals surface area contributed by atoms with Crippen LogP contribution in [0, 0.1) is 6.92 Å². The molecule has 3 aromatic rings. The molecule has 0 saturated carbocycles. The van der Waals surface area contributed by atoms with Crippen molar-refractivity contribution in [2.75, 3.05) is 18.0 Å². The van der Waals surface area contributed by atoms with Crippen LogP contribution in [-0.4, -0.2) is 34.1 Å². The van der Waals surface area contributed by atoms with E-state index in [2.05, 4.69) is 5.32 Å². The Balaban J connectivity index is 1.62. The molecular formula is C24H23ClN2O5S. The normalized spacial score (nSPS) is 15.4. The molecule has 1 atom stereocenters. The number of hydrogen-bond acceptors (Lipinski definition) is 5. The number of nitrogens with one attached hydrogen (secondary N) is 1. The summed E-state index contributed by atoms with van der Waals surface area (Å²) < 4.78 is 39.3. The Morgan fingerprint density at radius 1 is 1.15 bits per heavy atom. The summed E-state index contributed by atoms with van der Waals surface area (Å²) in [5.41, 5.74) is 2.02. The first kappa shape index (κ1) is 22.9. The quantitative estimate of drug-likeness (QED) is 0.570. The lowest BCUT2D eigenvalue weighted by atomic mass is 10.2. The Bertz CT molecular complexity index is 1280. The van der Waals surface area contributed by atoms with Crippen LogP contribution in [0.5, 0.6) is 11.5 Å². The van der Waals surface area contributed by atoms with Gasteiger partial charge in [0.25, 0.3) is 15.9 Å². The number of methoxy groups -OCH3 is 1. The van der Waals surface area contributed by atoms with Gasteiger partial charge in [0, 0.05) is 17.1 Å². The van der Waals surface area contributed by atoms with Crippen LogP contribution >= 0.6 is 11.6 Å². The number of carbonyl (C=O) groups is 1. The molecule has 1 N–H and O–H groups in total. The average Bonchev–Trinajstić information content (AvgIpc) is 2.82. The SMILES string of the molecule is COc1ccccc1CNC(=O)[C@H]1CN(S(=O)(=O)c2ccc(C)cc2)c2cc(Cl)ccc2O1. The molecule has 1 aliphatic rings. The standard InChI is InChI=1S/C24H23ClN2O5S/c1-16-7-10-19(11-8-16)33(29,30)27-15-23(32-22-12-9-18(25)13-20(22)27)24(28)26-14-17-5-3-4-6-21(17)31-2/h3-13,23H,14-15H2,1-2H3,(H,26,28)/t23-/m1/s1. The smallest absolute Gasteiger partial charge is 0.264 e. The maximum absolute atomic E-state index is 13.5. The van der Waals surface area contributed by atoms with E-state index in [1.807, 2.05) is 25.1 Å². The first-order chi connectivity index (χ1) is 15.8. The third kappa shape index (κ3) is 4.77. The Labute approximate surface area is 197 Å². The highest BCUT2D eigenvalue weighted by molar-refractivity contribution is 7.92. The van der Waals surface area contributed by atoms with Crippen molar-refractivity contribution in [3.05, 3.63) is 82.9 Å². The van der Waals surface area contributed by atoms with E-state index in [-0.39, 0.29) is 29.4 Å². The van der Waals surface area contributed by atoms with Crippen LogP contribution < -0.4 is 19.1 Å². The van der Waals surface area contributed by atoms with Gasteiger partial charge in [-0.25, -0.2) is 8.42 Å². The van der Waals surface area contributed by atoms with Gasteiger partial charge in [-0.2, -0.15) is 0 Å². The van der Waals surface area contributed by atoms with E-state index in [0.717, 1.165) is 11.1 Å². The van der Waals surface area contributed by atoms with Gasteiger partial charge in [0.15, 0.2) is 6.10 Å². The zero-order chi connectivity index (χ0) is 23.6. The predicted molar refractivity (Wildman–Crippen MR) is 126 cm³/mol. The number of aryl methyl sites for hydroxylation is 1. The van der Waals surface area contributed by atoms with Crippen LogP contribution in [0.2, 0.25) is 5.02 Å². The Morgan fingerprint density at radius 3 is 2.61 bits per heavy atom. The maximum atomic E-state index is 13.5. The summed E-state index contributed by atoms with van der Waals surface area (Å²) in [4.78, 5) is 13.1. The highest BCUT2D eigenvalue weighted by Crippen LogP contribution is 2.39. The minimum Gasteiger partial charge on any atom is -0.496 e. The molecule has 0 aromatic heterocycles. The molecule has 0 bridgehead atoms. The highest BCUT2D eigenvalue weighted by atomic mass is 35.5. The van der Waals surface area contributed by atoms with Crippen molar-refractivity contribution in [1.82, 2.24) is 5.32 Å². The van der Waals surface area contributed by atoms with Gasteiger partial charge in [0.05, 0.1) is 24.2 Å². The van der Waals surface area contributed by atoms with Gasteiger partial charge in [-0.05, 0) is 43.3 Å². The average molecular weight is 487 g/mol. The van der Waals surface area contributed by atoms with Crippen molar-refractivity contribution in [3.63, 3.8) is 0 Å². The second-order valence-corrected chi connectivity index (χ2v) is 9.90. The lowest BCUT2D eigenvalue weighted by molar-refractivity contribution is -0.127. The summed E-state index contributed by atoms with van der Waals surface area (Å²) in [7, 11) is -2.40. The minimum atomic E-state index is -3.96. The van der Waals surface area contributed by atoms with Gasteiger partial charge in [0.2, 0.25) is 0 Å². The number of anilines is 1. The number of amides is 1. The molecule has 0 spiro atoms. The van der Waals surface area contributed by atoms with Gasteiger partial charge in [-0.3, -0.25) is 9.10 Å². The van der Waals surface area contributed by atoms with Crippen LogP contribution in [0.15, 0.2) is 71.6 Å². The predicted octanol–water partition coefficient (Wildman–Crippen LogP) is 3.93. The fourth-order valence-electron chi connectivity index (χ4n) is 3.57. The summed E-state index contributed by atoms with van der Waals surface area (Å²) >= 11 is 6.14. The summed E-state index contributed by atoms with van der Waals surface area (Å²) in [6.07, 6.45) is -1.05. The van der Waals surface area contributed by atoms with E-state index in [4.69, 9.17) is 21.1 Å². The number of ether oxygens (including phenoxy) is 2. The zero-order valence-corrected chi connectivity index (χ0v) is 19.7. The molecular weight excluding hydrogens is 464 g/mol. The first-order valence-electron chi connectivity index (χ1n) is 10.2. The number of halogens is 1. The van der Waals surface area contributed by atoms with Gasteiger partial charge in [0.1, 0.15) is 11.5 Å². The first-order valence-corrected chi connectivity index (χ1v) is 12.1. The topological polar surface area (TPSA) is 84.9 Å². The van der Waals surface area contributed by atoms with Crippen LogP contribution in [0.4, 0.5) is 5.69 Å². The van der Waals surface area contributed by atoms with Crippen molar-refractivity contribution >= 4 is 33.2 Å². The Kier molecular flexibility index (Phi) is 6.49. The number of hydrogen-bond donors (Lipinski definition) is 1. The molecule has 4 rings (SSSR count). The van der Waals surface area contributed by atoms with E-state index < -0.39 is 22.0 Å². The second kappa shape index (κ2) is 9.33. The molecule has 1 amide bonds. The highest BCUT2D eigenvalue weighted by Gasteiger charge is 2.37. The Morgan fingerprint density at radius 2 is 1.88 bits per heavy atom. The number of nitrogens with zero attached hydrogens (tertiary/aromatic N) is 1. The van der Waals surface area contributed by atoms with Crippen molar-refractivity contribution in [2.45, 2.75) is 24.5 Å². The summed E-state index contributed by atoms with van der Waals surface area (Å²) in [6.45, 7) is 1.89. The lowest BCUT2D eigenvalue weighted by Gasteiger charge is -2.35. The molecule has 172 valence electrons. The van der Waals surface area contributed by atoms with E-state index in [1.165, 1.54) is 10.4 Å². The number of fused-ring (bicyclic) bond motifs is 1. The number of carbonyl (C=O) groups excluding carboxylic acids is 1. The molecule has 0 radical (unpaired) electrons. The number of sulfonamides is 1. The number of para-hydroxylation sites is 1. The van der Waals surface area contributed by atoms with Crippen LogP contribution in [0.25, 0.3) is 0 Å². The van der Waals surface area contributed by atoms with Gasteiger partial charge in [-0.15, -0.1) is 0 Å². The number of rotatable bonds is 6. The van der Waals surface area contributed by atoms with E-state index >= 15 is 0 Å². The molecule has 1 heterocycles. The van der Waals surface area contributed by atoms with E-state index in [0.29, 0.717) is 10.8 Å². The third-order valence-corrected chi connectivity index (χ3v) is 7.37. The lowest BCUT2D eigenvalue weighted by Crippen LogP contribution is -2.50. The molecule has 1 aliphatic heterocycles. The van der Waals surface area contributed by atoms with E-state index in [9.17, 15) is 13.2 Å². The molecule has 0 aliphatic carbocycles. The second-order valence-electron chi connectivity index (χ2n) is 7.60. The molecule has 9 heteroatoms. The zero-order valence-electron chi connectivity index (χ0n) is 18.1. The number of benzene rings is 3. The van der Waals surface area contributed by atoms with Crippen LogP contribution in [0.3, 0.4) is 0 Å². The monoisotopic (exact) mass is 486 g/mol. The minimum absolute atomic E-state index is 0.120.